The van der Waals surface area contributed by atoms with E-state index >= 15 is 0 Å². The molecule has 0 atom stereocenters. The Kier molecular flexibility index (Phi) is 49.3. The molecule has 33 nitrogen and oxygen atoms in total. The monoisotopic (exact) mass is 1590 g/mol. The van der Waals surface area contributed by atoms with Crippen LogP contribution in [0.1, 0.15) is 88.2 Å². The van der Waals surface area contributed by atoms with Gasteiger partial charge in [0.15, 0.2) is 0 Å². The van der Waals surface area contributed by atoms with E-state index in [1.54, 1.807) is 68.6 Å². The number of nitro benzene ring substituents is 1. The summed E-state index contributed by atoms with van der Waals surface area (Å²) in [5, 5.41) is 45.3. The first-order valence-corrected chi connectivity index (χ1v) is 34.9. The van der Waals surface area contributed by atoms with Gasteiger partial charge in [-0.15, -0.1) is 12.4 Å². The van der Waals surface area contributed by atoms with Crippen molar-refractivity contribution in [1.82, 2.24) is 91.0 Å². The van der Waals surface area contributed by atoms with Gasteiger partial charge < -0.3 is 100 Å². The fraction of sp³-hybridized carbons (Fsp3) is 0.606. The summed E-state index contributed by atoms with van der Waals surface area (Å²) in [5.74, 6) is 0.733. The van der Waals surface area contributed by atoms with Crippen LogP contribution in [0, 0.1) is 10.1 Å². The number of hydrogen-bond acceptors (Lipinski definition) is 23. The van der Waals surface area contributed by atoms with Crippen LogP contribution in [0.3, 0.4) is 0 Å². The first-order chi connectivity index (χ1) is 49.9. The van der Waals surface area contributed by atoms with Crippen LogP contribution in [-0.4, -0.2) is 346 Å². The second-order valence-corrected chi connectivity index (χ2v) is 25.5. The summed E-state index contributed by atoms with van der Waals surface area (Å²) < 4.78 is 31.6. The van der Waals surface area contributed by atoms with Crippen LogP contribution >= 0.6 is 35.6 Å². The Morgan fingerprint density at radius 2 is 0.870 bits per heavy atom. The Balaban J connectivity index is 0.00000129. The van der Waals surface area contributed by atoms with E-state index in [4.69, 9.17) is 44.3 Å². The number of alkyl halides is 1. The highest BCUT2D eigenvalue weighted by atomic mass is 35.5. The van der Waals surface area contributed by atoms with Crippen molar-refractivity contribution in [3.05, 3.63) is 111 Å². The number of nitrogens with zero attached hydrogens (tertiary/aromatic N) is 13. The van der Waals surface area contributed by atoms with Crippen LogP contribution in [0.15, 0.2) is 79.3 Å². The third kappa shape index (κ3) is 35.9. The number of carbonyl (C=O) groups excluding carboxylic acids is 7. The molecule has 8 N–H and O–H groups in total. The summed E-state index contributed by atoms with van der Waals surface area (Å²) in [6, 6.07) is 15.2. The molecule has 8 aliphatic heterocycles. The molecule has 8 aliphatic rings. The number of pyridine rings is 3. The second-order valence-electron chi connectivity index (χ2n) is 24.7. The standard InChI is InChI=1S/C17H25N5O3.C16H23N5O3.C10H19N3O2.C7H7ClN2O.C7H4ClNO4.C6H14N2.C3H7NO.CH3F.4CH4.ClH/c1-18-16(23)15-5-4-13(10-19-15)25-14-11-22(12-14)17(24)21-7-3-6-20(2)8-9-21;1-17-15(22)14-4-3-12(9-19-14)24-13-10-21(11-13)16(23)20-7-2-5-18-6-8-20;1-11-3-2-4-12(6-5-11)10(15)13-7-9(14)8-13;1-9-7(11)6-3-2-5(8)4-10-6;8-7(10)13-6-3-1-5(2-4-6)9(11)12;1-8-5-2-3-7-4-6-8;5-3-1-4-2-3;1-2;;;;;/h4-5,10,14H,3,6-9,11-12H2,1-2H3,(H,18,23);3-4,9,13,18H,2,5-8,10-11H2,1H3,(H,17,22);9,14H,2-8H2,1H3;2-4H,1H3,(H,9,11);1-4H;7H,2-6H2,1H3;3-5H,1-2H2;1H3;4*1H4;1H/i;;;;;;;1D;;;;;. The molecule has 0 unspecified atom stereocenters. The number of urea groups is 3. The maximum Gasteiger partial charge on any atom is 0.409 e. The minimum absolute atomic E-state index is 0. The summed E-state index contributed by atoms with van der Waals surface area (Å²) in [6.45, 7) is 20.3. The number of β-amino-alcohol motifs (C(OH)–C–C–N with tert-alkyl or cyclic N) is 2. The number of hydrogen-bond donors (Lipinski definition) is 8. The molecule has 8 fully saturated rings. The van der Waals surface area contributed by atoms with Crippen LogP contribution in [-0.2, 0) is 0 Å². The van der Waals surface area contributed by atoms with Crippen molar-refractivity contribution in [1.29, 1.82) is 0 Å². The molecule has 8 saturated heterocycles. The number of benzene rings is 1. The lowest BCUT2D eigenvalue weighted by atomic mass is 10.2. The minimum Gasteiger partial charge on any atom is -0.485 e. The van der Waals surface area contributed by atoms with Gasteiger partial charge in [-0.25, -0.2) is 34.1 Å². The first-order valence-electron chi connectivity index (χ1n) is 34.8. The Morgan fingerprint density at radius 1 is 0.509 bits per heavy atom. The summed E-state index contributed by atoms with van der Waals surface area (Å²) >= 11 is 10.5. The molecule has 3 aromatic heterocycles. The number of amides is 9. The van der Waals surface area contributed by atoms with Crippen molar-refractivity contribution < 1.29 is 68.7 Å². The number of rotatable bonds is 9. The normalized spacial score (nSPS) is 17.3. The maximum atomic E-state index is 12.5. The number of carbonyl (C=O) groups is 7. The van der Waals surface area contributed by atoms with Gasteiger partial charge in [0.05, 0.1) is 82.3 Å². The average Bonchev–Trinajstić information content (AvgIpc) is 1.48. The number of aromatic nitrogens is 3. The number of halogens is 4. The Morgan fingerprint density at radius 3 is 1.23 bits per heavy atom. The number of likely N-dealkylation sites (tertiary alicyclic amines) is 3. The van der Waals surface area contributed by atoms with Gasteiger partial charge in [0.1, 0.15) is 46.5 Å². The molecule has 0 radical (unpaired) electrons. The third-order valence-corrected chi connectivity index (χ3v) is 17.0. The fourth-order valence-corrected chi connectivity index (χ4v) is 10.7. The highest BCUT2D eigenvalue weighted by molar-refractivity contribution is 6.61. The number of nitro groups is 1. The third-order valence-electron chi connectivity index (χ3n) is 16.7. The van der Waals surface area contributed by atoms with Crippen molar-refractivity contribution in [3.8, 4) is 17.2 Å². The Labute approximate surface area is 654 Å². The van der Waals surface area contributed by atoms with Gasteiger partial charge in [-0.05, 0) is 128 Å². The number of ether oxygens (including phenoxy) is 3. The first kappa shape index (κ1) is 97.9. The van der Waals surface area contributed by atoms with Gasteiger partial charge in [-0.1, -0.05) is 41.3 Å². The van der Waals surface area contributed by atoms with Gasteiger partial charge in [0.25, 0.3) is 23.4 Å². The molecule has 37 heteroatoms. The van der Waals surface area contributed by atoms with Crippen LogP contribution in [0.25, 0.3) is 0 Å². The predicted octanol–water partition coefficient (Wildman–Crippen LogP) is 5.44. The largest absolute Gasteiger partial charge is 0.485 e. The molecular weight excluding hydrogens is 1470 g/mol. The summed E-state index contributed by atoms with van der Waals surface area (Å²) in [5.41, 5.74) is 0.0246. The molecule has 11 heterocycles. The van der Waals surface area contributed by atoms with Crippen LogP contribution in [0.2, 0.25) is 5.02 Å². The van der Waals surface area contributed by atoms with Gasteiger partial charge in [0.2, 0.25) is 0 Å². The minimum atomic E-state index is -1.00. The molecule has 0 aliphatic carbocycles. The van der Waals surface area contributed by atoms with Crippen LogP contribution in [0.4, 0.5) is 29.3 Å². The Hall–Kier alpha value is -8.16. The summed E-state index contributed by atoms with van der Waals surface area (Å²) in [4.78, 5) is 120. The van der Waals surface area contributed by atoms with E-state index in [-0.39, 0.29) is 114 Å². The van der Waals surface area contributed by atoms with E-state index in [0.29, 0.717) is 72.9 Å². The highest BCUT2D eigenvalue weighted by Gasteiger charge is 2.37. The van der Waals surface area contributed by atoms with E-state index in [9.17, 15) is 48.1 Å². The van der Waals surface area contributed by atoms with Gasteiger partial charge >= 0.3 is 23.5 Å². The van der Waals surface area contributed by atoms with E-state index in [1.165, 1.54) is 62.7 Å². The lowest BCUT2D eigenvalue weighted by Gasteiger charge is -2.41. The molecular formula is C71H119Cl3FN19O14. The van der Waals surface area contributed by atoms with Crippen molar-refractivity contribution >= 4 is 82.5 Å². The zero-order chi connectivity index (χ0) is 75.9. The van der Waals surface area contributed by atoms with E-state index < -0.39 is 17.5 Å². The van der Waals surface area contributed by atoms with Crippen LogP contribution < -0.4 is 46.1 Å². The van der Waals surface area contributed by atoms with E-state index in [1.807, 2.05) is 24.5 Å². The number of non-ortho nitro benzene ring substituents is 1. The molecule has 0 saturated carbocycles. The number of likely N-dealkylation sites (N-methyl/N-ethyl adjacent to an activating group) is 3. The number of aliphatic hydroxyl groups excluding tert-OH is 2. The quantitative estimate of drug-likeness (QED) is 0.0587. The highest BCUT2D eigenvalue weighted by Crippen LogP contribution is 2.23. The molecule has 12 rings (SSSR count). The molecule has 4 aromatic rings. The van der Waals surface area contributed by atoms with Crippen molar-refractivity contribution in [2.45, 2.75) is 79.8 Å². The molecule has 108 heavy (non-hydrogen) atoms. The predicted molar refractivity (Wildman–Crippen MR) is 420 cm³/mol. The SMILES string of the molecule is C.C.C.C.CN1CCCN(C(=O)N2CC(O)C2)CC1.CN1CCCNCC1.CNC(=O)c1ccc(Cl)cn1.CNC(=O)c1ccc(OC2CN(C(=O)N3CCCN(C)CC3)C2)cn1.CNC(=O)c1ccc(OC2CN(C(=O)N3CCCNCC3)C2)cn1.Cl.O=C(Cl)Oc1ccc([N+](=O)[O-])cc1.OC1CNC1.[2H]CF. The molecule has 9 amide bonds. The van der Waals surface area contributed by atoms with Crippen molar-refractivity contribution in [2.24, 2.45) is 0 Å². The molecule has 1 aromatic carbocycles. The van der Waals surface area contributed by atoms with Crippen LogP contribution in [0.5, 0.6) is 17.2 Å². The number of nitrogens with one attached hydrogen (secondary N) is 6. The summed E-state index contributed by atoms with van der Waals surface area (Å²) in [7, 11) is 10.0. The zero-order valence-corrected chi connectivity index (χ0v) is 62.3. The van der Waals surface area contributed by atoms with Gasteiger partial charge in [-0.2, -0.15) is 0 Å². The lowest BCUT2D eigenvalue weighted by molar-refractivity contribution is -0.384. The fourth-order valence-electron chi connectivity index (χ4n) is 10.5. The Bertz CT molecular complexity index is 3240. The maximum absolute atomic E-state index is 12.5. The van der Waals surface area contributed by atoms with Crippen molar-refractivity contribution in [3.63, 3.8) is 0 Å². The average molecular weight is 1590 g/mol. The summed E-state index contributed by atoms with van der Waals surface area (Å²) in [6.07, 6.45) is 8.47. The van der Waals surface area contributed by atoms with Gasteiger partial charge in [-0.3, -0.25) is 28.9 Å². The van der Waals surface area contributed by atoms with Gasteiger partial charge in [0, 0.05) is 136 Å². The second kappa shape index (κ2) is 54.4. The topological polar surface area (TPSA) is 371 Å². The van der Waals surface area contributed by atoms with E-state index in [0.717, 1.165) is 117 Å². The van der Waals surface area contributed by atoms with E-state index in [2.05, 4.69) is 87.4 Å². The number of aliphatic hydroxyl groups is 2. The smallest absolute Gasteiger partial charge is 0.409 e. The molecule has 0 bridgehead atoms. The van der Waals surface area contributed by atoms with Crippen molar-refractivity contribution in [2.75, 3.05) is 207 Å². The molecule has 0 spiro atoms. The molecule has 610 valence electrons. The zero-order valence-electron chi connectivity index (χ0n) is 61.0. The lowest BCUT2D eigenvalue weighted by Crippen LogP contribution is -2.59.